The molecule has 0 unspecified atom stereocenters. The molecule has 2 rings (SSSR count). The summed E-state index contributed by atoms with van der Waals surface area (Å²) < 4.78 is 31.5. The molecule has 0 aliphatic rings. The first kappa shape index (κ1) is 13.1. The number of hydrogen-bond donors (Lipinski definition) is 2. The normalized spacial score (nSPS) is 10.9. The van der Waals surface area contributed by atoms with Gasteiger partial charge in [0.25, 0.3) is 16.8 Å². The van der Waals surface area contributed by atoms with E-state index in [0.29, 0.717) is 17.1 Å². The van der Waals surface area contributed by atoms with E-state index in [2.05, 4.69) is 11.5 Å². The summed E-state index contributed by atoms with van der Waals surface area (Å²) in [6.07, 6.45) is 0. The van der Waals surface area contributed by atoms with Gasteiger partial charge >= 0.3 is 5.75 Å². The van der Waals surface area contributed by atoms with Crippen LogP contribution < -0.4 is 10.5 Å². The SMILES string of the molecule is C=[O+]c1cccc(NS(=O)(=O)c2ccc(N)cc2)c1. The largest absolute Gasteiger partial charge is 0.399 e. The first-order valence-corrected chi connectivity index (χ1v) is 6.90. The van der Waals surface area contributed by atoms with Crippen molar-refractivity contribution < 1.29 is 12.8 Å². The number of nitrogens with one attached hydrogen (secondary N) is 1. The second-order valence-corrected chi connectivity index (χ2v) is 5.53. The molecule has 3 N–H and O–H groups in total. The summed E-state index contributed by atoms with van der Waals surface area (Å²) in [6.45, 7) is 3.27. The van der Waals surface area contributed by atoms with E-state index < -0.39 is 10.0 Å². The van der Waals surface area contributed by atoms with Crippen LogP contribution in [0.3, 0.4) is 0 Å². The highest BCUT2D eigenvalue weighted by atomic mass is 32.2. The number of hydrogen-bond acceptors (Lipinski definition) is 3. The van der Waals surface area contributed by atoms with E-state index in [1.54, 1.807) is 24.3 Å². The standard InChI is InChI=1S/C13H13N2O3S/c1-18-12-4-2-3-11(9-12)15-19(16,17)13-7-5-10(14)6-8-13/h2-9,15H,1,14H2/q+1. The maximum Gasteiger partial charge on any atom is 0.353 e. The van der Waals surface area contributed by atoms with Crippen molar-refractivity contribution in [3.8, 4) is 5.75 Å². The lowest BCUT2D eigenvalue weighted by atomic mass is 10.3. The highest BCUT2D eigenvalue weighted by Gasteiger charge is 2.14. The molecule has 0 heterocycles. The van der Waals surface area contributed by atoms with Crippen molar-refractivity contribution in [2.75, 3.05) is 10.5 Å². The van der Waals surface area contributed by atoms with Gasteiger partial charge in [0.2, 0.25) is 0 Å². The fourth-order valence-corrected chi connectivity index (χ4v) is 2.56. The van der Waals surface area contributed by atoms with Gasteiger partial charge in [-0.1, -0.05) is 6.07 Å². The van der Waals surface area contributed by atoms with Crippen LogP contribution in [0.2, 0.25) is 0 Å². The van der Waals surface area contributed by atoms with Crippen LogP contribution in [0.1, 0.15) is 0 Å². The lowest BCUT2D eigenvalue weighted by Crippen LogP contribution is -2.12. The van der Waals surface area contributed by atoms with Gasteiger partial charge in [0, 0.05) is 11.8 Å². The van der Waals surface area contributed by atoms with Crippen LogP contribution in [0.5, 0.6) is 5.75 Å². The third-order valence-corrected chi connectivity index (χ3v) is 3.84. The first-order valence-electron chi connectivity index (χ1n) is 5.42. The van der Waals surface area contributed by atoms with Gasteiger partial charge < -0.3 is 5.73 Å². The van der Waals surface area contributed by atoms with Gasteiger partial charge in [0.05, 0.1) is 16.6 Å². The zero-order valence-electron chi connectivity index (χ0n) is 10.0. The number of anilines is 2. The number of benzene rings is 2. The molecule has 0 amide bonds. The number of nitrogens with two attached hydrogens (primary N) is 1. The molecule has 19 heavy (non-hydrogen) atoms. The van der Waals surface area contributed by atoms with Crippen molar-refractivity contribution in [1.82, 2.24) is 0 Å². The average Bonchev–Trinajstić information content (AvgIpc) is 2.39. The van der Waals surface area contributed by atoms with Crippen LogP contribution in [0.15, 0.2) is 53.4 Å². The average molecular weight is 277 g/mol. The molecule has 0 bridgehead atoms. The Balaban J connectivity index is 2.30. The van der Waals surface area contributed by atoms with Gasteiger partial charge in [0.15, 0.2) is 0 Å². The third kappa shape index (κ3) is 3.11. The Morgan fingerprint density at radius 1 is 1.11 bits per heavy atom. The Hall–Kier alpha value is -2.34. The van der Waals surface area contributed by atoms with E-state index >= 15 is 0 Å². The third-order valence-electron chi connectivity index (χ3n) is 2.44. The Bertz CT molecular complexity index is 694. The molecule has 0 atom stereocenters. The lowest BCUT2D eigenvalue weighted by molar-refractivity contribution is -0.354. The molecule has 0 spiro atoms. The Labute approximate surface area is 111 Å². The number of rotatable bonds is 4. The Kier molecular flexibility index (Phi) is 3.52. The molecule has 0 saturated heterocycles. The zero-order valence-corrected chi connectivity index (χ0v) is 10.9. The maximum absolute atomic E-state index is 12.1. The fraction of sp³-hybridized carbons (Fsp3) is 0. The maximum atomic E-state index is 12.1. The predicted octanol–water partition coefficient (Wildman–Crippen LogP) is 2.15. The summed E-state index contributed by atoms with van der Waals surface area (Å²) >= 11 is 0. The monoisotopic (exact) mass is 277 g/mol. The minimum Gasteiger partial charge on any atom is -0.399 e. The van der Waals surface area contributed by atoms with E-state index in [0.717, 1.165) is 0 Å². The Morgan fingerprint density at radius 3 is 2.42 bits per heavy atom. The molecule has 0 aliphatic carbocycles. The molecule has 5 nitrogen and oxygen atoms in total. The van der Waals surface area contributed by atoms with Gasteiger partial charge in [-0.2, -0.15) is 0 Å². The zero-order chi connectivity index (χ0) is 13.9. The number of carbonyl (C=O) groups excluding carboxylic acids is 1. The van der Waals surface area contributed by atoms with Crippen molar-refractivity contribution in [2.45, 2.75) is 4.90 Å². The summed E-state index contributed by atoms with van der Waals surface area (Å²) in [6, 6.07) is 12.5. The number of sulfonamides is 1. The topological polar surface area (TPSA) is 83.5 Å². The Morgan fingerprint density at radius 2 is 1.79 bits per heavy atom. The molecular weight excluding hydrogens is 264 g/mol. The van der Waals surface area contributed by atoms with Gasteiger partial charge in [-0.15, -0.1) is 0 Å². The predicted molar refractivity (Wildman–Crippen MR) is 74.7 cm³/mol. The molecule has 0 fully saturated rings. The van der Waals surface area contributed by atoms with Crippen LogP contribution in [-0.4, -0.2) is 15.2 Å². The molecule has 98 valence electrons. The van der Waals surface area contributed by atoms with Crippen LogP contribution in [0, 0.1) is 0 Å². The van der Waals surface area contributed by atoms with E-state index in [1.165, 1.54) is 24.3 Å². The fourth-order valence-electron chi connectivity index (χ4n) is 1.51. The second kappa shape index (κ2) is 5.11. The van der Waals surface area contributed by atoms with Crippen molar-refractivity contribution in [3.05, 3.63) is 48.5 Å². The molecule has 0 saturated carbocycles. The molecule has 0 aromatic heterocycles. The molecule has 2 aromatic carbocycles. The minimum atomic E-state index is -3.64. The molecule has 6 heteroatoms. The van der Waals surface area contributed by atoms with E-state index in [9.17, 15) is 8.42 Å². The molecule has 0 aliphatic heterocycles. The molecule has 2 aromatic rings. The van der Waals surface area contributed by atoms with Gasteiger partial charge in [0.1, 0.15) is 0 Å². The van der Waals surface area contributed by atoms with Crippen molar-refractivity contribution >= 4 is 28.2 Å². The van der Waals surface area contributed by atoms with Crippen LogP contribution in [-0.2, 0) is 14.4 Å². The van der Waals surface area contributed by atoms with E-state index in [1.807, 2.05) is 0 Å². The van der Waals surface area contributed by atoms with Gasteiger partial charge in [-0.05, 0) is 30.3 Å². The summed E-state index contributed by atoms with van der Waals surface area (Å²) in [4.78, 5) is 0.141. The molecular formula is C13H13N2O3S+. The quantitative estimate of drug-likeness (QED) is 0.663. The smallest absolute Gasteiger partial charge is 0.353 e. The summed E-state index contributed by atoms with van der Waals surface area (Å²) in [5, 5.41) is 0. The second-order valence-electron chi connectivity index (χ2n) is 3.85. The summed E-state index contributed by atoms with van der Waals surface area (Å²) in [5.74, 6) is 0.470. The van der Waals surface area contributed by atoms with Crippen molar-refractivity contribution in [1.29, 1.82) is 0 Å². The van der Waals surface area contributed by atoms with Gasteiger partial charge in [-0.25, -0.2) is 12.8 Å². The molecule has 0 radical (unpaired) electrons. The van der Waals surface area contributed by atoms with Crippen LogP contribution in [0.4, 0.5) is 11.4 Å². The number of nitrogen functional groups attached to an aromatic ring is 1. The van der Waals surface area contributed by atoms with Crippen LogP contribution >= 0.6 is 0 Å². The summed E-state index contributed by atoms with van der Waals surface area (Å²) in [5.41, 5.74) is 6.43. The van der Waals surface area contributed by atoms with E-state index in [-0.39, 0.29) is 4.90 Å². The lowest BCUT2D eigenvalue weighted by Gasteiger charge is -2.07. The van der Waals surface area contributed by atoms with Gasteiger partial charge in [-0.3, -0.25) is 4.72 Å². The van der Waals surface area contributed by atoms with Crippen molar-refractivity contribution in [3.63, 3.8) is 0 Å². The summed E-state index contributed by atoms with van der Waals surface area (Å²) in [7, 11) is -3.64. The minimum absolute atomic E-state index is 0.141. The highest BCUT2D eigenvalue weighted by molar-refractivity contribution is 7.92. The van der Waals surface area contributed by atoms with Crippen LogP contribution in [0.25, 0.3) is 0 Å². The van der Waals surface area contributed by atoms with E-state index in [4.69, 9.17) is 10.2 Å². The first-order chi connectivity index (χ1) is 9.01. The highest BCUT2D eigenvalue weighted by Crippen LogP contribution is 2.21. The van der Waals surface area contributed by atoms with Crippen molar-refractivity contribution in [2.24, 2.45) is 0 Å².